The van der Waals surface area contributed by atoms with Gasteiger partial charge in [-0.05, 0) is 6.42 Å². The van der Waals surface area contributed by atoms with Crippen LogP contribution in [0.5, 0.6) is 0 Å². The summed E-state index contributed by atoms with van der Waals surface area (Å²) in [5.74, 6) is -0.730. The van der Waals surface area contributed by atoms with Crippen molar-refractivity contribution in [3.8, 4) is 0 Å². The molecule has 0 spiro atoms. The molecule has 0 saturated heterocycles. The second-order valence-electron chi connectivity index (χ2n) is 2.81. The van der Waals surface area contributed by atoms with E-state index in [1.807, 2.05) is 34.9 Å². The van der Waals surface area contributed by atoms with Gasteiger partial charge in [0.15, 0.2) is 0 Å². The molecule has 0 aromatic carbocycles. The number of nitrogens with zero attached hydrogens (tertiary/aromatic N) is 2. The number of rotatable bonds is 4. The van der Waals surface area contributed by atoms with Crippen molar-refractivity contribution in [3.63, 3.8) is 0 Å². The molecule has 74 valence electrons. The highest BCUT2D eigenvalue weighted by atomic mass is 79.9. The lowest BCUT2D eigenvalue weighted by Gasteiger charge is -1.92. The highest BCUT2D eigenvalue weighted by Crippen LogP contribution is 1.93. The highest BCUT2D eigenvalue weighted by molar-refractivity contribution is 5.66. The van der Waals surface area contributed by atoms with E-state index in [0.717, 1.165) is 6.54 Å². The second kappa shape index (κ2) is 5.75. The summed E-state index contributed by atoms with van der Waals surface area (Å²) >= 11 is 0. The number of hydrogen-bond acceptors (Lipinski definition) is 1. The van der Waals surface area contributed by atoms with Crippen LogP contribution in [0.4, 0.5) is 0 Å². The fourth-order valence-electron chi connectivity index (χ4n) is 1.05. The van der Waals surface area contributed by atoms with Gasteiger partial charge in [0.25, 0.3) is 0 Å². The molecule has 1 aromatic rings. The molecule has 1 heterocycles. The number of carboxylic acid groups (broad SMARTS) is 1. The zero-order chi connectivity index (χ0) is 8.97. The molecule has 0 atom stereocenters. The monoisotopic (exact) mass is 248 g/mol. The van der Waals surface area contributed by atoms with E-state index < -0.39 is 5.97 Å². The molecule has 13 heavy (non-hydrogen) atoms. The molecule has 0 bridgehead atoms. The van der Waals surface area contributed by atoms with E-state index in [9.17, 15) is 4.79 Å². The summed E-state index contributed by atoms with van der Waals surface area (Å²) in [6.45, 7) is 0.771. The quantitative estimate of drug-likeness (QED) is 0.585. The summed E-state index contributed by atoms with van der Waals surface area (Å²) < 4.78 is 3.91. The molecule has 0 fully saturated rings. The first-order valence-electron chi connectivity index (χ1n) is 3.91. The fraction of sp³-hybridized carbons (Fsp3) is 0.500. The SMILES string of the molecule is C[n+]1ccn(CCCC(=O)O)c1.[Br-]. The third-order valence-corrected chi connectivity index (χ3v) is 1.63. The first-order chi connectivity index (χ1) is 5.68. The Labute approximate surface area is 87.6 Å². The van der Waals surface area contributed by atoms with Gasteiger partial charge in [0.05, 0.1) is 13.6 Å². The van der Waals surface area contributed by atoms with Crippen LogP contribution >= 0.6 is 0 Å². The van der Waals surface area contributed by atoms with E-state index in [4.69, 9.17) is 5.11 Å². The molecule has 0 aliphatic rings. The molecule has 0 aliphatic heterocycles. The van der Waals surface area contributed by atoms with Gasteiger partial charge in [-0.25, -0.2) is 9.13 Å². The maximum atomic E-state index is 10.2. The lowest BCUT2D eigenvalue weighted by molar-refractivity contribution is -0.671. The summed E-state index contributed by atoms with van der Waals surface area (Å²) in [7, 11) is 1.94. The van der Waals surface area contributed by atoms with E-state index in [1.165, 1.54) is 0 Å². The fourth-order valence-corrected chi connectivity index (χ4v) is 1.05. The minimum absolute atomic E-state index is 0. The second-order valence-corrected chi connectivity index (χ2v) is 2.81. The number of aromatic nitrogens is 2. The van der Waals surface area contributed by atoms with Crippen LogP contribution in [0.25, 0.3) is 0 Å². The molecular weight excluding hydrogens is 236 g/mol. The van der Waals surface area contributed by atoms with Gasteiger partial charge in [0.2, 0.25) is 6.33 Å². The highest BCUT2D eigenvalue weighted by Gasteiger charge is 2.01. The normalized spacial score (nSPS) is 9.31. The molecule has 0 radical (unpaired) electrons. The van der Waals surface area contributed by atoms with E-state index >= 15 is 0 Å². The number of carbonyl (C=O) groups is 1. The van der Waals surface area contributed by atoms with Crippen molar-refractivity contribution in [2.45, 2.75) is 19.4 Å². The summed E-state index contributed by atoms with van der Waals surface area (Å²) in [6.07, 6.45) is 6.72. The Hall–Kier alpha value is -0.840. The Morgan fingerprint density at radius 3 is 2.77 bits per heavy atom. The van der Waals surface area contributed by atoms with Crippen molar-refractivity contribution in [1.29, 1.82) is 0 Å². The van der Waals surface area contributed by atoms with Crippen molar-refractivity contribution >= 4 is 5.97 Å². The minimum atomic E-state index is -0.730. The van der Waals surface area contributed by atoms with Crippen molar-refractivity contribution in [2.75, 3.05) is 0 Å². The third kappa shape index (κ3) is 4.67. The van der Waals surface area contributed by atoms with Gasteiger partial charge in [-0.3, -0.25) is 4.79 Å². The predicted molar refractivity (Wildman–Crippen MR) is 42.5 cm³/mol. The summed E-state index contributed by atoms with van der Waals surface area (Å²) in [5, 5.41) is 8.38. The van der Waals surface area contributed by atoms with Gasteiger partial charge in [-0.2, -0.15) is 0 Å². The number of carboxylic acids is 1. The van der Waals surface area contributed by atoms with E-state index in [2.05, 4.69) is 0 Å². The molecule has 1 rings (SSSR count). The maximum Gasteiger partial charge on any atom is 0.303 e. The van der Waals surface area contributed by atoms with Crippen LogP contribution in [0.3, 0.4) is 0 Å². The summed E-state index contributed by atoms with van der Waals surface area (Å²) in [5.41, 5.74) is 0. The van der Waals surface area contributed by atoms with E-state index in [0.29, 0.717) is 6.42 Å². The molecule has 0 unspecified atom stereocenters. The molecular formula is C8H13BrN2O2. The van der Waals surface area contributed by atoms with Crippen LogP contribution in [0.1, 0.15) is 12.8 Å². The smallest absolute Gasteiger partial charge is 0.303 e. The van der Waals surface area contributed by atoms with Gasteiger partial charge in [-0.15, -0.1) is 0 Å². The predicted octanol–water partition coefficient (Wildman–Crippen LogP) is -2.82. The summed E-state index contributed by atoms with van der Waals surface area (Å²) in [6, 6.07) is 0. The molecule has 0 amide bonds. The van der Waals surface area contributed by atoms with Crippen molar-refractivity contribution in [3.05, 3.63) is 18.7 Å². The average Bonchev–Trinajstić information content (AvgIpc) is 2.35. The molecule has 5 heteroatoms. The lowest BCUT2D eigenvalue weighted by Crippen LogP contribution is -3.00. The van der Waals surface area contributed by atoms with Crippen LogP contribution in [0.15, 0.2) is 18.7 Å². The number of aryl methyl sites for hydroxylation is 2. The van der Waals surface area contributed by atoms with Gasteiger partial charge < -0.3 is 22.1 Å². The number of imidazole rings is 1. The molecule has 1 aromatic heterocycles. The number of hydrogen-bond donors (Lipinski definition) is 1. The van der Waals surface area contributed by atoms with E-state index in [-0.39, 0.29) is 23.4 Å². The van der Waals surface area contributed by atoms with Crippen LogP contribution in [-0.4, -0.2) is 15.6 Å². The maximum absolute atomic E-state index is 10.2. The first kappa shape index (κ1) is 12.2. The van der Waals surface area contributed by atoms with Crippen molar-refractivity contribution in [2.24, 2.45) is 7.05 Å². The van der Waals surface area contributed by atoms with Crippen LogP contribution in [-0.2, 0) is 18.4 Å². The number of halogens is 1. The minimum Gasteiger partial charge on any atom is -1.00 e. The Balaban J connectivity index is 0.00000144. The van der Waals surface area contributed by atoms with Crippen LogP contribution < -0.4 is 21.5 Å². The third-order valence-electron chi connectivity index (χ3n) is 1.63. The standard InChI is InChI=1S/C8H12N2O2.BrH/c1-9-5-6-10(7-9)4-2-3-8(11)12;/h5-7H,2-4H2,1H3;1H. The topological polar surface area (TPSA) is 46.1 Å². The zero-order valence-electron chi connectivity index (χ0n) is 7.48. The van der Waals surface area contributed by atoms with Crippen molar-refractivity contribution in [1.82, 2.24) is 4.57 Å². The molecule has 0 saturated carbocycles. The largest absolute Gasteiger partial charge is 1.00 e. The van der Waals surface area contributed by atoms with Gasteiger partial charge >= 0.3 is 5.97 Å². The Bertz CT molecular complexity index is 273. The van der Waals surface area contributed by atoms with Crippen LogP contribution in [0.2, 0.25) is 0 Å². The molecule has 0 aliphatic carbocycles. The zero-order valence-corrected chi connectivity index (χ0v) is 9.07. The first-order valence-corrected chi connectivity index (χ1v) is 3.91. The summed E-state index contributed by atoms with van der Waals surface area (Å²) in [4.78, 5) is 10.2. The molecule has 4 nitrogen and oxygen atoms in total. The van der Waals surface area contributed by atoms with Gasteiger partial charge in [0.1, 0.15) is 12.4 Å². The van der Waals surface area contributed by atoms with Crippen LogP contribution in [0, 0.1) is 0 Å². The lowest BCUT2D eigenvalue weighted by atomic mass is 10.3. The molecule has 1 N–H and O–H groups in total. The Kier molecular flexibility index (Phi) is 5.37. The van der Waals surface area contributed by atoms with Gasteiger partial charge in [-0.1, -0.05) is 0 Å². The Morgan fingerprint density at radius 1 is 1.62 bits per heavy atom. The van der Waals surface area contributed by atoms with Crippen molar-refractivity contribution < 1.29 is 31.4 Å². The van der Waals surface area contributed by atoms with E-state index in [1.54, 1.807) is 0 Å². The van der Waals surface area contributed by atoms with Gasteiger partial charge in [0, 0.05) is 6.42 Å². The number of aliphatic carboxylic acids is 1. The average molecular weight is 249 g/mol. The Morgan fingerprint density at radius 2 is 2.31 bits per heavy atom.